The van der Waals surface area contributed by atoms with Gasteiger partial charge in [0, 0.05) is 36.4 Å². The van der Waals surface area contributed by atoms with Gasteiger partial charge in [0.15, 0.2) is 5.78 Å². The molecule has 3 aromatic rings. The minimum absolute atomic E-state index is 0.0737. The van der Waals surface area contributed by atoms with Gasteiger partial charge in [-0.2, -0.15) is 0 Å². The molecular formula is C23H26ClN3O2. The van der Waals surface area contributed by atoms with Crippen molar-refractivity contribution < 1.29 is 9.53 Å². The number of nitrogens with one attached hydrogen (secondary N) is 1. The maximum atomic E-state index is 12.9. The summed E-state index contributed by atoms with van der Waals surface area (Å²) in [4.78, 5) is 12.9. The van der Waals surface area contributed by atoms with Crippen LogP contribution in [0, 0.1) is 12.3 Å². The third-order valence-corrected chi connectivity index (χ3v) is 5.32. The van der Waals surface area contributed by atoms with Crippen molar-refractivity contribution in [3.63, 3.8) is 0 Å². The Morgan fingerprint density at radius 3 is 2.59 bits per heavy atom. The van der Waals surface area contributed by atoms with E-state index in [9.17, 15) is 4.79 Å². The number of carbonyl (C=O) groups excluding carboxylic acids is 1. The minimum Gasteiger partial charge on any atom is -0.494 e. The molecule has 1 N–H and O–H groups in total. The SMILES string of the molecule is CCOc1cc(Cn2ccn(C)c2=N)cc(C(=O)CCc2ccc(Cl)c(C)c2)c1. The molecule has 0 saturated carbocycles. The summed E-state index contributed by atoms with van der Waals surface area (Å²) in [5.74, 6) is 0.753. The van der Waals surface area contributed by atoms with E-state index in [1.807, 2.05) is 68.2 Å². The van der Waals surface area contributed by atoms with Gasteiger partial charge in [0.05, 0.1) is 13.2 Å². The van der Waals surface area contributed by atoms with Gasteiger partial charge in [-0.05, 0) is 61.2 Å². The number of carbonyl (C=O) groups is 1. The van der Waals surface area contributed by atoms with Crippen LogP contribution in [0.3, 0.4) is 0 Å². The molecule has 3 rings (SSSR count). The van der Waals surface area contributed by atoms with Gasteiger partial charge in [0.25, 0.3) is 0 Å². The number of imidazole rings is 1. The number of benzene rings is 2. The van der Waals surface area contributed by atoms with E-state index in [0.717, 1.165) is 21.7 Å². The van der Waals surface area contributed by atoms with Gasteiger partial charge in [-0.1, -0.05) is 23.7 Å². The van der Waals surface area contributed by atoms with Crippen molar-refractivity contribution in [2.45, 2.75) is 33.2 Å². The molecule has 0 fully saturated rings. The van der Waals surface area contributed by atoms with Crippen LogP contribution in [0.15, 0.2) is 48.8 Å². The number of ketones is 1. The molecule has 0 radical (unpaired) electrons. The molecule has 0 aliphatic carbocycles. The highest BCUT2D eigenvalue weighted by molar-refractivity contribution is 6.31. The molecule has 0 bridgehead atoms. The standard InChI is InChI=1S/C23H26ClN3O2/c1-4-29-20-13-18(15-27-10-9-26(3)23(27)25)12-19(14-20)22(28)8-6-17-5-7-21(24)16(2)11-17/h5,7,9-14,25H,4,6,8,15H2,1-3H3. The number of nitrogens with zero attached hydrogens (tertiary/aromatic N) is 2. The third kappa shape index (κ3) is 5.18. The van der Waals surface area contributed by atoms with Crippen LogP contribution >= 0.6 is 11.6 Å². The van der Waals surface area contributed by atoms with Crippen LogP contribution in [-0.4, -0.2) is 21.5 Å². The largest absolute Gasteiger partial charge is 0.494 e. The molecule has 0 amide bonds. The van der Waals surface area contributed by atoms with Crippen LogP contribution in [0.4, 0.5) is 0 Å². The number of rotatable bonds is 8. The van der Waals surface area contributed by atoms with Crippen molar-refractivity contribution in [2.75, 3.05) is 6.61 Å². The van der Waals surface area contributed by atoms with Crippen LogP contribution in [0.2, 0.25) is 5.02 Å². The topological polar surface area (TPSA) is 60.0 Å². The number of aryl methyl sites for hydroxylation is 3. The van der Waals surface area contributed by atoms with Crippen molar-refractivity contribution in [3.8, 4) is 5.75 Å². The molecule has 1 heterocycles. The molecule has 0 aliphatic heterocycles. The Morgan fingerprint density at radius 2 is 1.93 bits per heavy atom. The van der Waals surface area contributed by atoms with Crippen molar-refractivity contribution in [1.29, 1.82) is 5.41 Å². The van der Waals surface area contributed by atoms with Crippen LogP contribution in [-0.2, 0) is 20.0 Å². The zero-order valence-corrected chi connectivity index (χ0v) is 17.8. The Kier molecular flexibility index (Phi) is 6.60. The first-order valence-electron chi connectivity index (χ1n) is 9.68. The summed E-state index contributed by atoms with van der Waals surface area (Å²) in [5, 5.41) is 8.85. The quantitative estimate of drug-likeness (QED) is 0.553. The molecule has 152 valence electrons. The summed E-state index contributed by atoms with van der Waals surface area (Å²) < 4.78 is 9.25. The molecule has 0 spiro atoms. The second-order valence-corrected chi connectivity index (χ2v) is 7.57. The van der Waals surface area contributed by atoms with Gasteiger partial charge < -0.3 is 13.9 Å². The Morgan fingerprint density at radius 1 is 1.14 bits per heavy atom. The van der Waals surface area contributed by atoms with E-state index in [1.165, 1.54) is 0 Å². The summed E-state index contributed by atoms with van der Waals surface area (Å²) in [5.41, 5.74) is 4.09. The first-order chi connectivity index (χ1) is 13.9. The normalized spacial score (nSPS) is 10.9. The van der Waals surface area contributed by atoms with Gasteiger partial charge in [-0.25, -0.2) is 0 Å². The van der Waals surface area contributed by atoms with E-state index >= 15 is 0 Å². The second-order valence-electron chi connectivity index (χ2n) is 7.17. The molecule has 0 aliphatic rings. The molecule has 5 nitrogen and oxygen atoms in total. The van der Waals surface area contributed by atoms with Crippen molar-refractivity contribution in [3.05, 3.63) is 81.7 Å². The van der Waals surface area contributed by atoms with Gasteiger partial charge in [0.2, 0.25) is 5.62 Å². The zero-order chi connectivity index (χ0) is 21.0. The van der Waals surface area contributed by atoms with Crippen LogP contribution in [0.5, 0.6) is 5.75 Å². The fourth-order valence-electron chi connectivity index (χ4n) is 3.28. The maximum Gasteiger partial charge on any atom is 0.202 e. The van der Waals surface area contributed by atoms with Gasteiger partial charge >= 0.3 is 0 Å². The molecule has 0 saturated heterocycles. The number of aromatic nitrogens is 2. The van der Waals surface area contributed by atoms with E-state index in [4.69, 9.17) is 21.7 Å². The summed E-state index contributed by atoms with van der Waals surface area (Å²) >= 11 is 6.09. The molecule has 29 heavy (non-hydrogen) atoms. The molecule has 2 aromatic carbocycles. The van der Waals surface area contributed by atoms with Gasteiger partial charge in [-0.3, -0.25) is 10.2 Å². The Hall–Kier alpha value is -2.79. The predicted octanol–water partition coefficient (Wildman–Crippen LogP) is 4.53. The van der Waals surface area contributed by atoms with E-state index < -0.39 is 0 Å². The number of hydrogen-bond acceptors (Lipinski definition) is 3. The van der Waals surface area contributed by atoms with Gasteiger partial charge in [-0.15, -0.1) is 0 Å². The average Bonchev–Trinajstić information content (AvgIpc) is 3.01. The summed E-state index contributed by atoms with van der Waals surface area (Å²) in [7, 11) is 1.84. The number of hydrogen-bond donors (Lipinski definition) is 1. The zero-order valence-electron chi connectivity index (χ0n) is 17.0. The Bertz CT molecular complexity index is 1080. The first kappa shape index (κ1) is 20.9. The van der Waals surface area contributed by atoms with Crippen LogP contribution < -0.4 is 10.4 Å². The van der Waals surface area contributed by atoms with Crippen LogP contribution in [0.25, 0.3) is 0 Å². The fourth-order valence-corrected chi connectivity index (χ4v) is 3.39. The average molecular weight is 412 g/mol. The minimum atomic E-state index is 0.0737. The molecule has 1 aromatic heterocycles. The summed E-state index contributed by atoms with van der Waals surface area (Å²) in [6, 6.07) is 11.5. The molecule has 6 heteroatoms. The molecular weight excluding hydrogens is 386 g/mol. The highest BCUT2D eigenvalue weighted by Gasteiger charge is 2.11. The third-order valence-electron chi connectivity index (χ3n) is 4.89. The smallest absolute Gasteiger partial charge is 0.202 e. The number of Topliss-reactive ketones (excluding diaryl/α,β-unsaturated/α-hetero) is 1. The molecule has 0 unspecified atom stereocenters. The first-order valence-corrected chi connectivity index (χ1v) is 10.1. The molecule has 0 atom stereocenters. The monoisotopic (exact) mass is 411 g/mol. The van der Waals surface area contributed by atoms with E-state index in [2.05, 4.69) is 0 Å². The number of ether oxygens (including phenoxy) is 1. The lowest BCUT2D eigenvalue weighted by atomic mass is 10.00. The Balaban J connectivity index is 1.80. The Labute approximate surface area is 176 Å². The van der Waals surface area contributed by atoms with Gasteiger partial charge in [0.1, 0.15) is 5.75 Å². The lowest BCUT2D eigenvalue weighted by Gasteiger charge is -2.11. The highest BCUT2D eigenvalue weighted by atomic mass is 35.5. The van der Waals surface area contributed by atoms with E-state index in [1.54, 1.807) is 10.6 Å². The number of halogens is 1. The second kappa shape index (κ2) is 9.14. The predicted molar refractivity (Wildman–Crippen MR) is 115 cm³/mol. The lowest BCUT2D eigenvalue weighted by molar-refractivity contribution is 0.0982. The lowest BCUT2D eigenvalue weighted by Crippen LogP contribution is -2.22. The van der Waals surface area contributed by atoms with Crippen LogP contribution in [0.1, 0.15) is 40.4 Å². The highest BCUT2D eigenvalue weighted by Crippen LogP contribution is 2.21. The summed E-state index contributed by atoms with van der Waals surface area (Å²) in [6.07, 6.45) is 4.78. The summed E-state index contributed by atoms with van der Waals surface area (Å²) in [6.45, 7) is 4.93. The fraction of sp³-hybridized carbons (Fsp3) is 0.304. The maximum absolute atomic E-state index is 12.9. The van der Waals surface area contributed by atoms with E-state index in [0.29, 0.717) is 42.9 Å². The van der Waals surface area contributed by atoms with Crippen molar-refractivity contribution >= 4 is 17.4 Å². The van der Waals surface area contributed by atoms with E-state index in [-0.39, 0.29) is 5.78 Å². The van der Waals surface area contributed by atoms with Crippen molar-refractivity contribution in [2.24, 2.45) is 7.05 Å². The van der Waals surface area contributed by atoms with Crippen molar-refractivity contribution in [1.82, 2.24) is 9.13 Å².